The molecule has 78 valence electrons. The minimum absolute atomic E-state index is 0.0777. The monoisotopic (exact) mass is 197 g/mol. The lowest BCUT2D eigenvalue weighted by molar-refractivity contribution is -0.156. The third-order valence-electron chi connectivity index (χ3n) is 3.89. The molecule has 2 aliphatic rings. The van der Waals surface area contributed by atoms with Crippen LogP contribution in [0.1, 0.15) is 20.8 Å². The molecule has 2 aliphatic heterocycles. The molecule has 0 amide bonds. The van der Waals surface area contributed by atoms with Gasteiger partial charge in [-0.2, -0.15) is 0 Å². The number of rotatable bonds is 0. The van der Waals surface area contributed by atoms with Gasteiger partial charge in [-0.15, -0.1) is 0 Å². The van der Waals surface area contributed by atoms with Gasteiger partial charge in [-0.3, -0.25) is 14.5 Å². The first kappa shape index (κ1) is 9.65. The van der Waals surface area contributed by atoms with Crippen molar-refractivity contribution in [2.24, 2.45) is 11.8 Å². The van der Waals surface area contributed by atoms with Crippen molar-refractivity contribution in [3.05, 3.63) is 0 Å². The van der Waals surface area contributed by atoms with Crippen LogP contribution in [-0.4, -0.2) is 35.5 Å². The van der Waals surface area contributed by atoms with E-state index in [1.807, 2.05) is 27.8 Å². The van der Waals surface area contributed by atoms with Crippen LogP contribution in [0, 0.1) is 11.8 Å². The standard InChI is InChI=1S/C10H15NO3/c1-5-6-7(9(13)14-8(6)12)10(2,3)11(5)4/h5-7H,1-4H3. The Kier molecular flexibility index (Phi) is 1.77. The highest BCUT2D eigenvalue weighted by Gasteiger charge is 2.62. The number of cyclic esters (lactones) is 2. The van der Waals surface area contributed by atoms with Crippen LogP contribution in [0.5, 0.6) is 0 Å². The Labute approximate surface area is 83.2 Å². The van der Waals surface area contributed by atoms with Crippen LogP contribution in [0.25, 0.3) is 0 Å². The third kappa shape index (κ3) is 0.919. The van der Waals surface area contributed by atoms with Crippen LogP contribution in [-0.2, 0) is 14.3 Å². The summed E-state index contributed by atoms with van der Waals surface area (Å²) >= 11 is 0. The number of nitrogens with zero attached hydrogens (tertiary/aromatic N) is 1. The Morgan fingerprint density at radius 1 is 1.29 bits per heavy atom. The summed E-state index contributed by atoms with van der Waals surface area (Å²) in [7, 11) is 1.95. The van der Waals surface area contributed by atoms with Crippen LogP contribution in [0.15, 0.2) is 0 Å². The molecule has 2 rings (SSSR count). The van der Waals surface area contributed by atoms with Crippen molar-refractivity contribution in [2.75, 3.05) is 7.05 Å². The zero-order chi connectivity index (χ0) is 10.7. The minimum atomic E-state index is -0.360. The van der Waals surface area contributed by atoms with E-state index in [0.29, 0.717) is 0 Å². The predicted molar refractivity (Wildman–Crippen MR) is 49.4 cm³/mol. The summed E-state index contributed by atoms with van der Waals surface area (Å²) in [6.45, 7) is 5.92. The van der Waals surface area contributed by atoms with E-state index in [9.17, 15) is 9.59 Å². The molecule has 4 heteroatoms. The molecular weight excluding hydrogens is 182 g/mol. The predicted octanol–water partition coefficient (Wildman–Crippen LogP) is 0.415. The number of ether oxygens (including phenoxy) is 1. The van der Waals surface area contributed by atoms with Crippen molar-refractivity contribution >= 4 is 11.9 Å². The number of hydrogen-bond donors (Lipinski definition) is 0. The lowest BCUT2D eigenvalue weighted by Crippen LogP contribution is -2.44. The minimum Gasteiger partial charge on any atom is -0.393 e. The summed E-state index contributed by atoms with van der Waals surface area (Å²) < 4.78 is 4.68. The van der Waals surface area contributed by atoms with E-state index >= 15 is 0 Å². The fraction of sp³-hybridized carbons (Fsp3) is 0.800. The maximum absolute atomic E-state index is 11.5. The maximum atomic E-state index is 11.5. The molecule has 0 aromatic carbocycles. The van der Waals surface area contributed by atoms with E-state index in [1.54, 1.807) is 0 Å². The summed E-state index contributed by atoms with van der Waals surface area (Å²) in [5, 5.41) is 0. The maximum Gasteiger partial charge on any atom is 0.319 e. The number of likely N-dealkylation sites (tertiary alicyclic amines) is 1. The van der Waals surface area contributed by atoms with Gasteiger partial charge in [-0.25, -0.2) is 0 Å². The molecular formula is C10H15NO3. The van der Waals surface area contributed by atoms with Crippen LogP contribution in [0.3, 0.4) is 0 Å². The van der Waals surface area contributed by atoms with Crippen LogP contribution >= 0.6 is 0 Å². The molecule has 0 bridgehead atoms. The Bertz CT molecular complexity index is 310. The normalized spacial score (nSPS) is 41.3. The molecule has 0 aromatic rings. The van der Waals surface area contributed by atoms with E-state index in [2.05, 4.69) is 9.64 Å². The molecule has 0 spiro atoms. The van der Waals surface area contributed by atoms with Crippen molar-refractivity contribution in [1.29, 1.82) is 0 Å². The highest BCUT2D eigenvalue weighted by molar-refractivity contribution is 5.98. The molecule has 0 aliphatic carbocycles. The quantitative estimate of drug-likeness (QED) is 0.417. The number of hydrogen-bond acceptors (Lipinski definition) is 4. The molecule has 0 N–H and O–H groups in total. The number of esters is 2. The van der Waals surface area contributed by atoms with Gasteiger partial charge in [0.15, 0.2) is 0 Å². The van der Waals surface area contributed by atoms with E-state index in [4.69, 9.17) is 0 Å². The lowest BCUT2D eigenvalue weighted by Gasteiger charge is -2.32. The molecule has 0 radical (unpaired) electrons. The van der Waals surface area contributed by atoms with Crippen molar-refractivity contribution in [3.63, 3.8) is 0 Å². The second kappa shape index (κ2) is 2.57. The molecule has 3 atom stereocenters. The van der Waals surface area contributed by atoms with Gasteiger partial charge in [-0.1, -0.05) is 0 Å². The van der Waals surface area contributed by atoms with E-state index < -0.39 is 0 Å². The molecule has 2 heterocycles. The van der Waals surface area contributed by atoms with E-state index in [-0.39, 0.29) is 35.4 Å². The van der Waals surface area contributed by atoms with Gasteiger partial charge in [0.2, 0.25) is 0 Å². The molecule has 3 unspecified atom stereocenters. The van der Waals surface area contributed by atoms with Crippen molar-refractivity contribution in [3.8, 4) is 0 Å². The SMILES string of the molecule is CC1C2C(=O)OC(=O)C2C(C)(C)N1C. The highest BCUT2D eigenvalue weighted by Crippen LogP contribution is 2.46. The van der Waals surface area contributed by atoms with Crippen LogP contribution < -0.4 is 0 Å². The Morgan fingerprint density at radius 3 is 2.36 bits per heavy atom. The molecule has 14 heavy (non-hydrogen) atoms. The number of fused-ring (bicyclic) bond motifs is 1. The average Bonchev–Trinajstić information content (AvgIpc) is 2.46. The van der Waals surface area contributed by atoms with Crippen LogP contribution in [0.2, 0.25) is 0 Å². The Hall–Kier alpha value is -0.900. The molecule has 2 fully saturated rings. The fourth-order valence-electron chi connectivity index (χ4n) is 2.70. The Morgan fingerprint density at radius 2 is 1.86 bits per heavy atom. The lowest BCUT2D eigenvalue weighted by atomic mass is 9.83. The summed E-state index contributed by atoms with van der Waals surface area (Å²) in [6.07, 6.45) is 0. The van der Waals surface area contributed by atoms with Crippen molar-refractivity contribution in [2.45, 2.75) is 32.4 Å². The largest absolute Gasteiger partial charge is 0.393 e. The first-order chi connectivity index (χ1) is 6.37. The Balaban J connectivity index is 2.45. The summed E-state index contributed by atoms with van der Waals surface area (Å²) in [4.78, 5) is 25.0. The topological polar surface area (TPSA) is 46.6 Å². The second-order valence-electron chi connectivity index (χ2n) is 4.75. The van der Waals surface area contributed by atoms with Gasteiger partial charge in [-0.05, 0) is 27.8 Å². The molecule has 2 saturated heterocycles. The first-order valence-corrected chi connectivity index (χ1v) is 4.86. The van der Waals surface area contributed by atoms with Gasteiger partial charge in [0.1, 0.15) is 0 Å². The summed E-state index contributed by atoms with van der Waals surface area (Å²) in [6, 6.07) is 0.0777. The van der Waals surface area contributed by atoms with Gasteiger partial charge in [0.25, 0.3) is 0 Å². The van der Waals surface area contributed by atoms with Gasteiger partial charge < -0.3 is 4.74 Å². The third-order valence-corrected chi connectivity index (χ3v) is 3.89. The summed E-state index contributed by atoms with van der Waals surface area (Å²) in [5.41, 5.74) is -0.284. The molecule has 0 saturated carbocycles. The van der Waals surface area contributed by atoms with Gasteiger partial charge >= 0.3 is 11.9 Å². The van der Waals surface area contributed by atoms with Gasteiger partial charge in [0, 0.05) is 11.6 Å². The number of carbonyl (C=O) groups excluding carboxylic acids is 2. The van der Waals surface area contributed by atoms with Crippen LogP contribution in [0.4, 0.5) is 0 Å². The molecule has 4 nitrogen and oxygen atoms in total. The van der Waals surface area contributed by atoms with Crippen molar-refractivity contribution in [1.82, 2.24) is 4.90 Å². The number of carbonyl (C=O) groups is 2. The summed E-state index contributed by atoms with van der Waals surface area (Å²) in [5.74, 6) is -1.29. The smallest absolute Gasteiger partial charge is 0.319 e. The zero-order valence-electron chi connectivity index (χ0n) is 8.90. The fourth-order valence-corrected chi connectivity index (χ4v) is 2.70. The van der Waals surface area contributed by atoms with E-state index in [0.717, 1.165) is 0 Å². The van der Waals surface area contributed by atoms with Gasteiger partial charge in [0.05, 0.1) is 11.8 Å². The molecule has 0 aromatic heterocycles. The second-order valence-corrected chi connectivity index (χ2v) is 4.75. The van der Waals surface area contributed by atoms with Crippen molar-refractivity contribution < 1.29 is 14.3 Å². The first-order valence-electron chi connectivity index (χ1n) is 4.86. The highest BCUT2D eigenvalue weighted by atomic mass is 16.6. The van der Waals surface area contributed by atoms with E-state index in [1.165, 1.54) is 0 Å². The zero-order valence-corrected chi connectivity index (χ0v) is 8.90. The average molecular weight is 197 g/mol.